The van der Waals surface area contributed by atoms with Crippen LogP contribution in [0.25, 0.3) is 0 Å². The molecule has 7 nitrogen and oxygen atoms in total. The number of carbonyl (C=O) groups is 1. The van der Waals surface area contributed by atoms with Crippen LogP contribution in [0.3, 0.4) is 0 Å². The number of fused-ring (bicyclic) bond motifs is 1. The van der Waals surface area contributed by atoms with Crippen molar-refractivity contribution >= 4 is 16.2 Å². The molecule has 0 bridgehead atoms. The van der Waals surface area contributed by atoms with Crippen molar-refractivity contribution in [2.75, 3.05) is 26.4 Å². The summed E-state index contributed by atoms with van der Waals surface area (Å²) in [6.07, 6.45) is 2.96. The van der Waals surface area contributed by atoms with Crippen LogP contribution >= 0.6 is 0 Å². The fourth-order valence-electron chi connectivity index (χ4n) is 3.01. The molecule has 0 aromatic heterocycles. The minimum absolute atomic E-state index is 0.145. The molecule has 0 aromatic carbocycles. The third-order valence-electron chi connectivity index (χ3n) is 3.81. The molecule has 0 aromatic rings. The Balaban J connectivity index is 0.000000422. The number of nitrogens with zero attached hydrogens (tertiary/aromatic N) is 1. The summed E-state index contributed by atoms with van der Waals surface area (Å²) in [5.74, 6) is 1.33. The first kappa shape index (κ1) is 19.2. The highest BCUT2D eigenvalue weighted by molar-refractivity contribution is 7.85. The molecule has 1 saturated heterocycles. The second-order valence-electron chi connectivity index (χ2n) is 7.10. The summed E-state index contributed by atoms with van der Waals surface area (Å²) in [5.41, 5.74) is -0.387. The molecular formula is C14H28N2O5S. The van der Waals surface area contributed by atoms with Crippen molar-refractivity contribution in [3.05, 3.63) is 0 Å². The highest BCUT2D eigenvalue weighted by Gasteiger charge is 2.42. The van der Waals surface area contributed by atoms with Gasteiger partial charge in [-0.15, -0.1) is 0 Å². The van der Waals surface area contributed by atoms with Crippen molar-refractivity contribution in [2.24, 2.45) is 11.8 Å². The van der Waals surface area contributed by atoms with Gasteiger partial charge in [0.1, 0.15) is 5.60 Å². The van der Waals surface area contributed by atoms with Gasteiger partial charge in [-0.3, -0.25) is 4.55 Å². The molecule has 0 radical (unpaired) electrons. The molecule has 2 rings (SSSR count). The Kier molecular flexibility index (Phi) is 6.23. The van der Waals surface area contributed by atoms with Gasteiger partial charge in [-0.05, 0) is 52.5 Å². The van der Waals surface area contributed by atoms with Crippen LogP contribution in [0.4, 0.5) is 4.79 Å². The van der Waals surface area contributed by atoms with E-state index in [4.69, 9.17) is 9.29 Å². The number of nitrogens with one attached hydrogen (secondary N) is 1. The lowest BCUT2D eigenvalue weighted by molar-refractivity contribution is 0.0279. The standard InChI is InChI=1S/C13H24N2O2.CH4O3S/c1-13(2,3)17-12(16)15-7-9-5-11(14-4)6-10(9)8-15;1-5(2,3)4/h9-11,14H,5-8H2,1-4H3;1H3,(H,2,3,4)/t9-,10+,11?;. The smallest absolute Gasteiger partial charge is 0.410 e. The molecule has 2 aliphatic rings. The normalized spacial score (nSPS) is 27.9. The number of hydrogen-bond acceptors (Lipinski definition) is 5. The van der Waals surface area contributed by atoms with Crippen molar-refractivity contribution in [3.8, 4) is 0 Å². The van der Waals surface area contributed by atoms with Gasteiger partial charge in [-0.25, -0.2) is 4.79 Å². The molecule has 2 N–H and O–H groups in total. The lowest BCUT2D eigenvalue weighted by atomic mass is 10.0. The van der Waals surface area contributed by atoms with Gasteiger partial charge in [0.15, 0.2) is 0 Å². The third kappa shape index (κ3) is 6.93. The Hall–Kier alpha value is -0.860. The monoisotopic (exact) mass is 336 g/mol. The molecular weight excluding hydrogens is 308 g/mol. The first-order valence-electron chi connectivity index (χ1n) is 7.46. The Morgan fingerprint density at radius 1 is 1.23 bits per heavy atom. The number of carbonyl (C=O) groups excluding carboxylic acids is 1. The summed E-state index contributed by atoms with van der Waals surface area (Å²) >= 11 is 0. The largest absolute Gasteiger partial charge is 0.444 e. The molecule has 1 aliphatic carbocycles. The number of amides is 1. The fraction of sp³-hybridized carbons (Fsp3) is 0.929. The van der Waals surface area contributed by atoms with Crippen molar-refractivity contribution in [2.45, 2.75) is 45.3 Å². The summed E-state index contributed by atoms with van der Waals surface area (Å²) < 4.78 is 31.3. The van der Waals surface area contributed by atoms with Crippen molar-refractivity contribution in [1.82, 2.24) is 10.2 Å². The summed E-state index contributed by atoms with van der Waals surface area (Å²) in [7, 11) is -1.64. The van der Waals surface area contributed by atoms with E-state index in [1.807, 2.05) is 32.7 Å². The van der Waals surface area contributed by atoms with Crippen LogP contribution in [0.1, 0.15) is 33.6 Å². The van der Waals surface area contributed by atoms with E-state index < -0.39 is 10.1 Å². The second-order valence-corrected chi connectivity index (χ2v) is 8.56. The molecule has 1 unspecified atom stereocenters. The molecule has 1 heterocycles. The van der Waals surface area contributed by atoms with Gasteiger partial charge in [0.2, 0.25) is 0 Å². The summed E-state index contributed by atoms with van der Waals surface area (Å²) in [6, 6.07) is 0.644. The van der Waals surface area contributed by atoms with E-state index in [-0.39, 0.29) is 11.7 Å². The van der Waals surface area contributed by atoms with E-state index in [1.54, 1.807) is 0 Å². The molecule has 22 heavy (non-hydrogen) atoms. The predicted octanol–water partition coefficient (Wildman–Crippen LogP) is 1.36. The van der Waals surface area contributed by atoms with Crippen LogP contribution in [0.15, 0.2) is 0 Å². The van der Waals surface area contributed by atoms with Crippen LogP contribution in [-0.2, 0) is 14.9 Å². The van der Waals surface area contributed by atoms with Gasteiger partial charge in [0.05, 0.1) is 6.26 Å². The maximum atomic E-state index is 11.9. The zero-order valence-electron chi connectivity index (χ0n) is 14.0. The SMILES string of the molecule is CNC1C[C@@H]2CN(C(=O)OC(C)(C)C)C[C@@H]2C1.CS(=O)(=O)O. The lowest BCUT2D eigenvalue weighted by Crippen LogP contribution is -2.36. The molecule has 2 fully saturated rings. The van der Waals surface area contributed by atoms with E-state index in [0.717, 1.165) is 13.1 Å². The molecule has 0 spiro atoms. The van der Waals surface area contributed by atoms with Gasteiger partial charge in [-0.2, -0.15) is 8.42 Å². The Bertz CT molecular complexity index is 464. The quantitative estimate of drug-likeness (QED) is 0.702. The van der Waals surface area contributed by atoms with E-state index in [2.05, 4.69) is 5.32 Å². The first-order valence-corrected chi connectivity index (χ1v) is 9.31. The second kappa shape index (κ2) is 7.14. The average molecular weight is 336 g/mol. The minimum atomic E-state index is -3.67. The van der Waals surface area contributed by atoms with Crippen LogP contribution < -0.4 is 5.32 Å². The average Bonchev–Trinajstić information content (AvgIpc) is 2.80. The Morgan fingerprint density at radius 2 is 1.64 bits per heavy atom. The zero-order chi connectivity index (χ0) is 17.1. The number of hydrogen-bond donors (Lipinski definition) is 2. The number of likely N-dealkylation sites (tertiary alicyclic amines) is 1. The predicted molar refractivity (Wildman–Crippen MR) is 84.3 cm³/mol. The minimum Gasteiger partial charge on any atom is -0.444 e. The highest BCUT2D eigenvalue weighted by atomic mass is 32.2. The third-order valence-corrected chi connectivity index (χ3v) is 3.81. The van der Waals surface area contributed by atoms with Gasteiger partial charge >= 0.3 is 6.09 Å². The molecule has 1 amide bonds. The first-order chi connectivity index (χ1) is 9.89. The van der Waals surface area contributed by atoms with Crippen molar-refractivity contribution in [1.29, 1.82) is 0 Å². The Morgan fingerprint density at radius 3 is 1.95 bits per heavy atom. The lowest BCUT2D eigenvalue weighted by Gasteiger charge is -2.25. The van der Waals surface area contributed by atoms with Crippen LogP contribution in [0.2, 0.25) is 0 Å². The molecule has 1 saturated carbocycles. The van der Waals surface area contributed by atoms with E-state index in [9.17, 15) is 13.2 Å². The van der Waals surface area contributed by atoms with Crippen LogP contribution in [0.5, 0.6) is 0 Å². The zero-order valence-corrected chi connectivity index (χ0v) is 14.8. The topological polar surface area (TPSA) is 95.9 Å². The fourth-order valence-corrected chi connectivity index (χ4v) is 3.01. The van der Waals surface area contributed by atoms with E-state index in [1.165, 1.54) is 12.8 Å². The summed E-state index contributed by atoms with van der Waals surface area (Å²) in [6.45, 7) is 7.49. The van der Waals surface area contributed by atoms with Crippen molar-refractivity contribution in [3.63, 3.8) is 0 Å². The van der Waals surface area contributed by atoms with Crippen molar-refractivity contribution < 1.29 is 22.5 Å². The van der Waals surface area contributed by atoms with Crippen LogP contribution in [-0.4, -0.2) is 62.0 Å². The maximum Gasteiger partial charge on any atom is 0.410 e. The number of rotatable bonds is 1. The van der Waals surface area contributed by atoms with Gasteiger partial charge in [-0.1, -0.05) is 0 Å². The molecule has 3 atom stereocenters. The molecule has 1 aliphatic heterocycles. The number of ether oxygens (including phenoxy) is 1. The van der Waals surface area contributed by atoms with Gasteiger partial charge in [0.25, 0.3) is 10.1 Å². The maximum absolute atomic E-state index is 11.9. The van der Waals surface area contributed by atoms with Crippen LogP contribution in [0, 0.1) is 11.8 Å². The highest BCUT2D eigenvalue weighted by Crippen LogP contribution is 2.38. The van der Waals surface area contributed by atoms with E-state index >= 15 is 0 Å². The summed E-state index contributed by atoms with van der Waals surface area (Å²) in [4.78, 5) is 13.8. The Labute approximate surface area is 133 Å². The molecule has 130 valence electrons. The summed E-state index contributed by atoms with van der Waals surface area (Å²) in [5, 5.41) is 3.34. The van der Waals surface area contributed by atoms with E-state index in [0.29, 0.717) is 24.1 Å². The van der Waals surface area contributed by atoms with Gasteiger partial charge in [0, 0.05) is 19.1 Å². The molecule has 8 heteroatoms. The van der Waals surface area contributed by atoms with Gasteiger partial charge < -0.3 is 15.0 Å².